The van der Waals surface area contributed by atoms with Crippen LogP contribution in [0.5, 0.6) is 0 Å². The summed E-state index contributed by atoms with van der Waals surface area (Å²) in [4.78, 5) is -0.381. The quantitative estimate of drug-likeness (QED) is 0.855. The molecule has 0 unspecified atom stereocenters. The predicted molar refractivity (Wildman–Crippen MR) is 77.5 cm³/mol. The van der Waals surface area contributed by atoms with Gasteiger partial charge in [-0.15, -0.1) is 0 Å². The number of sulfonamides is 1. The van der Waals surface area contributed by atoms with Crippen molar-refractivity contribution >= 4 is 21.4 Å². The first kappa shape index (κ1) is 14.3. The molecular formula is C14H15FN2O2S. The van der Waals surface area contributed by atoms with Crippen molar-refractivity contribution in [1.29, 1.82) is 0 Å². The number of aryl methyl sites for hydroxylation is 2. The van der Waals surface area contributed by atoms with Gasteiger partial charge in [-0.05, 0) is 49.2 Å². The third-order valence-corrected chi connectivity index (χ3v) is 4.38. The summed E-state index contributed by atoms with van der Waals surface area (Å²) in [6, 6.07) is 8.54. The smallest absolute Gasteiger partial charge is 0.264 e. The molecule has 0 saturated heterocycles. The number of benzene rings is 2. The Morgan fingerprint density at radius 1 is 1.10 bits per heavy atom. The average molecular weight is 294 g/mol. The fourth-order valence-corrected chi connectivity index (χ4v) is 3.01. The van der Waals surface area contributed by atoms with Gasteiger partial charge in [-0.25, -0.2) is 12.8 Å². The van der Waals surface area contributed by atoms with E-state index in [0.29, 0.717) is 16.9 Å². The van der Waals surface area contributed by atoms with Crippen LogP contribution in [0.15, 0.2) is 41.3 Å². The van der Waals surface area contributed by atoms with Crippen LogP contribution in [-0.2, 0) is 10.0 Å². The van der Waals surface area contributed by atoms with Gasteiger partial charge in [-0.1, -0.05) is 12.1 Å². The molecule has 2 aromatic carbocycles. The van der Waals surface area contributed by atoms with Crippen LogP contribution in [0.2, 0.25) is 0 Å². The Labute approximate surface area is 117 Å². The SMILES string of the molecule is Cc1cc(NS(=O)(=O)c2ccccc2F)c(C)cc1N. The molecule has 2 aromatic rings. The Hall–Kier alpha value is -2.08. The molecule has 20 heavy (non-hydrogen) atoms. The summed E-state index contributed by atoms with van der Waals surface area (Å²) in [5.74, 6) is -0.787. The Balaban J connectivity index is 2.44. The van der Waals surface area contributed by atoms with E-state index in [1.165, 1.54) is 18.2 Å². The lowest BCUT2D eigenvalue weighted by Crippen LogP contribution is -2.15. The summed E-state index contributed by atoms with van der Waals surface area (Å²) in [5.41, 5.74) is 8.15. The number of halogens is 1. The normalized spacial score (nSPS) is 11.3. The summed E-state index contributed by atoms with van der Waals surface area (Å²) in [6.07, 6.45) is 0. The molecule has 0 aliphatic carbocycles. The van der Waals surface area contributed by atoms with E-state index in [1.54, 1.807) is 26.0 Å². The van der Waals surface area contributed by atoms with Gasteiger partial charge >= 0.3 is 0 Å². The number of nitrogens with two attached hydrogens (primary N) is 1. The lowest BCUT2D eigenvalue weighted by molar-refractivity contribution is 0.570. The van der Waals surface area contributed by atoms with Crippen LogP contribution >= 0.6 is 0 Å². The van der Waals surface area contributed by atoms with Crippen LogP contribution in [0.4, 0.5) is 15.8 Å². The number of nitrogens with one attached hydrogen (secondary N) is 1. The zero-order valence-corrected chi connectivity index (χ0v) is 12.0. The highest BCUT2D eigenvalue weighted by Crippen LogP contribution is 2.25. The molecule has 0 radical (unpaired) electrons. The first-order valence-electron chi connectivity index (χ1n) is 5.95. The molecule has 0 amide bonds. The van der Waals surface area contributed by atoms with E-state index >= 15 is 0 Å². The van der Waals surface area contributed by atoms with Gasteiger partial charge in [0.05, 0.1) is 5.69 Å². The molecular weight excluding hydrogens is 279 g/mol. The van der Waals surface area contributed by atoms with E-state index < -0.39 is 15.8 Å². The van der Waals surface area contributed by atoms with E-state index in [0.717, 1.165) is 11.6 Å². The van der Waals surface area contributed by atoms with Crippen molar-refractivity contribution in [2.45, 2.75) is 18.7 Å². The summed E-state index contributed by atoms with van der Waals surface area (Å²) in [6.45, 7) is 3.50. The molecule has 0 aliphatic rings. The van der Waals surface area contributed by atoms with Crippen molar-refractivity contribution in [3.63, 3.8) is 0 Å². The van der Waals surface area contributed by atoms with E-state index in [9.17, 15) is 12.8 Å². The highest BCUT2D eigenvalue weighted by molar-refractivity contribution is 7.92. The van der Waals surface area contributed by atoms with Crippen LogP contribution in [0.1, 0.15) is 11.1 Å². The molecule has 0 aliphatic heterocycles. The molecule has 6 heteroatoms. The fourth-order valence-electron chi connectivity index (χ4n) is 1.81. The van der Waals surface area contributed by atoms with E-state index in [4.69, 9.17) is 5.73 Å². The van der Waals surface area contributed by atoms with Crippen molar-refractivity contribution in [3.8, 4) is 0 Å². The minimum atomic E-state index is -3.96. The second-order valence-electron chi connectivity index (χ2n) is 4.56. The number of nitrogen functional groups attached to an aromatic ring is 1. The maximum atomic E-state index is 13.6. The zero-order valence-electron chi connectivity index (χ0n) is 11.1. The van der Waals surface area contributed by atoms with Gasteiger partial charge in [0, 0.05) is 5.69 Å². The van der Waals surface area contributed by atoms with Gasteiger partial charge in [-0.3, -0.25) is 4.72 Å². The van der Waals surface area contributed by atoms with Crippen LogP contribution < -0.4 is 10.5 Å². The second kappa shape index (κ2) is 5.13. The summed E-state index contributed by atoms with van der Waals surface area (Å²) < 4.78 is 40.4. The van der Waals surface area contributed by atoms with Gasteiger partial charge in [0.25, 0.3) is 10.0 Å². The number of rotatable bonds is 3. The lowest BCUT2D eigenvalue weighted by atomic mass is 10.1. The van der Waals surface area contributed by atoms with Gasteiger partial charge in [0.2, 0.25) is 0 Å². The van der Waals surface area contributed by atoms with Crippen molar-refractivity contribution < 1.29 is 12.8 Å². The van der Waals surface area contributed by atoms with Gasteiger partial charge in [-0.2, -0.15) is 0 Å². The lowest BCUT2D eigenvalue weighted by Gasteiger charge is -2.13. The number of hydrogen-bond donors (Lipinski definition) is 2. The van der Waals surface area contributed by atoms with Crippen LogP contribution in [-0.4, -0.2) is 8.42 Å². The van der Waals surface area contributed by atoms with E-state index in [-0.39, 0.29) is 4.90 Å². The first-order chi connectivity index (χ1) is 9.31. The molecule has 106 valence electrons. The minimum Gasteiger partial charge on any atom is -0.399 e. The highest BCUT2D eigenvalue weighted by atomic mass is 32.2. The summed E-state index contributed by atoms with van der Waals surface area (Å²) in [5, 5.41) is 0. The van der Waals surface area contributed by atoms with Crippen LogP contribution in [0.25, 0.3) is 0 Å². The van der Waals surface area contributed by atoms with Crippen molar-refractivity contribution in [3.05, 3.63) is 53.3 Å². The Morgan fingerprint density at radius 3 is 2.40 bits per heavy atom. The zero-order chi connectivity index (χ0) is 14.9. The van der Waals surface area contributed by atoms with E-state index in [2.05, 4.69) is 4.72 Å². The van der Waals surface area contributed by atoms with Gasteiger partial charge < -0.3 is 5.73 Å². The predicted octanol–water partition coefficient (Wildman–Crippen LogP) is 2.83. The van der Waals surface area contributed by atoms with Crippen LogP contribution in [0, 0.1) is 19.7 Å². The first-order valence-corrected chi connectivity index (χ1v) is 7.43. The van der Waals surface area contributed by atoms with Crippen molar-refractivity contribution in [1.82, 2.24) is 0 Å². The molecule has 0 atom stereocenters. The summed E-state index contributed by atoms with van der Waals surface area (Å²) in [7, 11) is -3.96. The molecule has 0 heterocycles. The van der Waals surface area contributed by atoms with Gasteiger partial charge in [0.1, 0.15) is 10.7 Å². The molecule has 0 aromatic heterocycles. The standard InChI is InChI=1S/C14H15FN2O2S/c1-9-8-13(10(2)7-12(9)16)17-20(18,19)14-6-4-3-5-11(14)15/h3-8,17H,16H2,1-2H3. The molecule has 0 spiro atoms. The molecule has 0 saturated carbocycles. The fraction of sp³-hybridized carbons (Fsp3) is 0.143. The second-order valence-corrected chi connectivity index (χ2v) is 6.21. The molecule has 3 N–H and O–H groups in total. The molecule has 4 nitrogen and oxygen atoms in total. The largest absolute Gasteiger partial charge is 0.399 e. The third kappa shape index (κ3) is 2.75. The Kier molecular flexibility index (Phi) is 3.67. The van der Waals surface area contributed by atoms with E-state index in [1.807, 2.05) is 0 Å². The number of anilines is 2. The average Bonchev–Trinajstić information content (AvgIpc) is 2.36. The third-order valence-electron chi connectivity index (χ3n) is 2.98. The molecule has 0 fully saturated rings. The van der Waals surface area contributed by atoms with Gasteiger partial charge in [0.15, 0.2) is 0 Å². The number of hydrogen-bond acceptors (Lipinski definition) is 3. The Bertz CT molecular complexity index is 758. The topological polar surface area (TPSA) is 72.2 Å². The minimum absolute atomic E-state index is 0.381. The van der Waals surface area contributed by atoms with Crippen LogP contribution in [0.3, 0.4) is 0 Å². The maximum Gasteiger partial charge on any atom is 0.264 e. The molecule has 0 bridgehead atoms. The highest BCUT2D eigenvalue weighted by Gasteiger charge is 2.19. The monoisotopic (exact) mass is 294 g/mol. The van der Waals surface area contributed by atoms with Crippen molar-refractivity contribution in [2.24, 2.45) is 0 Å². The Morgan fingerprint density at radius 2 is 1.75 bits per heavy atom. The summed E-state index contributed by atoms with van der Waals surface area (Å²) >= 11 is 0. The van der Waals surface area contributed by atoms with Crippen molar-refractivity contribution in [2.75, 3.05) is 10.5 Å². The molecule has 2 rings (SSSR count). The maximum absolute atomic E-state index is 13.6.